The van der Waals surface area contributed by atoms with Gasteiger partial charge in [0.1, 0.15) is 5.75 Å². The van der Waals surface area contributed by atoms with E-state index in [1.54, 1.807) is 0 Å². The van der Waals surface area contributed by atoms with Crippen molar-refractivity contribution < 1.29 is 9.84 Å². The van der Waals surface area contributed by atoms with Gasteiger partial charge in [-0.25, -0.2) is 0 Å². The van der Waals surface area contributed by atoms with Crippen molar-refractivity contribution in [1.82, 2.24) is 5.32 Å². The van der Waals surface area contributed by atoms with Gasteiger partial charge in [-0.2, -0.15) is 0 Å². The summed E-state index contributed by atoms with van der Waals surface area (Å²) in [6.45, 7) is 8.26. The third kappa shape index (κ3) is 6.08. The van der Waals surface area contributed by atoms with Crippen LogP contribution in [-0.4, -0.2) is 24.4 Å². The Labute approximate surface area is 117 Å². The van der Waals surface area contributed by atoms with Crippen molar-refractivity contribution in [3.63, 3.8) is 0 Å². The molecule has 3 nitrogen and oxygen atoms in total. The second-order valence-electron chi connectivity index (χ2n) is 5.19. The van der Waals surface area contributed by atoms with E-state index in [0.717, 1.165) is 31.7 Å². The molecule has 0 amide bonds. The molecule has 1 rings (SSSR count). The largest absolute Gasteiger partial charge is 0.491 e. The van der Waals surface area contributed by atoms with E-state index < -0.39 is 0 Å². The Morgan fingerprint density at radius 2 is 2.00 bits per heavy atom. The third-order valence-corrected chi connectivity index (χ3v) is 3.20. The highest BCUT2D eigenvalue weighted by Gasteiger charge is 2.07. The summed E-state index contributed by atoms with van der Waals surface area (Å²) in [6, 6.07) is 8.15. The second-order valence-corrected chi connectivity index (χ2v) is 5.19. The van der Waals surface area contributed by atoms with E-state index in [1.165, 1.54) is 5.56 Å². The quantitative estimate of drug-likeness (QED) is 0.721. The predicted molar refractivity (Wildman–Crippen MR) is 79.4 cm³/mol. The van der Waals surface area contributed by atoms with Gasteiger partial charge < -0.3 is 15.2 Å². The fraction of sp³-hybridized carbons (Fsp3) is 0.625. The zero-order valence-corrected chi connectivity index (χ0v) is 12.4. The predicted octanol–water partition coefficient (Wildman–Crippen LogP) is 2.97. The minimum Gasteiger partial charge on any atom is -0.491 e. The van der Waals surface area contributed by atoms with E-state index in [0.29, 0.717) is 5.92 Å². The number of benzene rings is 1. The first-order chi connectivity index (χ1) is 9.17. The van der Waals surface area contributed by atoms with Gasteiger partial charge in [0, 0.05) is 18.7 Å². The summed E-state index contributed by atoms with van der Waals surface area (Å²) in [4.78, 5) is 0. The molecule has 0 saturated carbocycles. The van der Waals surface area contributed by atoms with Crippen LogP contribution in [0.5, 0.6) is 5.75 Å². The van der Waals surface area contributed by atoms with Gasteiger partial charge in [-0.1, -0.05) is 31.5 Å². The van der Waals surface area contributed by atoms with E-state index >= 15 is 0 Å². The number of nitrogens with one attached hydrogen (secondary N) is 1. The second kappa shape index (κ2) is 8.94. The Kier molecular flexibility index (Phi) is 7.53. The molecule has 0 radical (unpaired) electrons. The molecule has 0 heterocycles. The summed E-state index contributed by atoms with van der Waals surface area (Å²) in [5.41, 5.74) is 1.19. The molecule has 0 fully saturated rings. The molecule has 108 valence electrons. The van der Waals surface area contributed by atoms with Crippen LogP contribution < -0.4 is 10.1 Å². The molecular weight excluding hydrogens is 238 g/mol. The molecule has 0 bridgehead atoms. The van der Waals surface area contributed by atoms with Crippen LogP contribution in [0.4, 0.5) is 0 Å². The van der Waals surface area contributed by atoms with Crippen molar-refractivity contribution in [1.29, 1.82) is 0 Å². The molecule has 0 spiro atoms. The number of para-hydroxylation sites is 1. The number of ether oxygens (including phenoxy) is 1. The Morgan fingerprint density at radius 1 is 1.26 bits per heavy atom. The summed E-state index contributed by atoms with van der Waals surface area (Å²) < 4.78 is 5.80. The number of hydrogen-bond donors (Lipinski definition) is 2. The molecule has 0 aliphatic heterocycles. The summed E-state index contributed by atoms with van der Waals surface area (Å²) in [5, 5.41) is 12.4. The van der Waals surface area contributed by atoms with Crippen LogP contribution >= 0.6 is 0 Å². The first kappa shape index (κ1) is 16.0. The Bertz CT molecular complexity index is 352. The number of aliphatic hydroxyl groups is 1. The fourth-order valence-electron chi connectivity index (χ4n) is 2.06. The van der Waals surface area contributed by atoms with E-state index in [4.69, 9.17) is 9.84 Å². The first-order valence-electron chi connectivity index (χ1n) is 7.23. The third-order valence-electron chi connectivity index (χ3n) is 3.20. The van der Waals surface area contributed by atoms with Crippen molar-refractivity contribution in [3.8, 4) is 5.75 Å². The molecule has 3 heteroatoms. The van der Waals surface area contributed by atoms with E-state index in [2.05, 4.69) is 18.3 Å². The summed E-state index contributed by atoms with van der Waals surface area (Å²) in [5.74, 6) is 1.50. The maximum Gasteiger partial charge on any atom is 0.124 e. The standard InChI is InChI=1S/C16H27NO2/c1-4-14(9-10-18)11-17-12-15-7-5-6-8-16(15)19-13(2)3/h5-8,13-14,17-18H,4,9-12H2,1-3H3. The van der Waals surface area contributed by atoms with Gasteiger partial charge in [-0.15, -0.1) is 0 Å². The highest BCUT2D eigenvalue weighted by atomic mass is 16.5. The van der Waals surface area contributed by atoms with Crippen molar-refractivity contribution in [3.05, 3.63) is 29.8 Å². The monoisotopic (exact) mass is 265 g/mol. The normalized spacial score (nSPS) is 12.7. The number of rotatable bonds is 9. The number of hydrogen-bond acceptors (Lipinski definition) is 3. The summed E-state index contributed by atoms with van der Waals surface area (Å²) in [6.07, 6.45) is 2.16. The van der Waals surface area contributed by atoms with Crippen LogP contribution in [0.25, 0.3) is 0 Å². The SMILES string of the molecule is CCC(CCO)CNCc1ccccc1OC(C)C. The van der Waals surface area contributed by atoms with Gasteiger partial charge in [0.15, 0.2) is 0 Å². The molecule has 0 aromatic heterocycles. The van der Waals surface area contributed by atoms with Crippen LogP contribution in [0.15, 0.2) is 24.3 Å². The zero-order chi connectivity index (χ0) is 14.1. The van der Waals surface area contributed by atoms with Crippen LogP contribution in [0, 0.1) is 5.92 Å². The topological polar surface area (TPSA) is 41.5 Å². The zero-order valence-electron chi connectivity index (χ0n) is 12.4. The Hall–Kier alpha value is -1.06. The lowest BCUT2D eigenvalue weighted by Crippen LogP contribution is -2.23. The smallest absolute Gasteiger partial charge is 0.124 e. The molecular formula is C16H27NO2. The molecule has 1 aromatic carbocycles. The molecule has 1 atom stereocenters. The van der Waals surface area contributed by atoms with Crippen LogP contribution in [0.1, 0.15) is 39.2 Å². The molecule has 1 aromatic rings. The van der Waals surface area contributed by atoms with Gasteiger partial charge in [0.05, 0.1) is 6.10 Å². The molecule has 0 aliphatic rings. The van der Waals surface area contributed by atoms with Gasteiger partial charge in [-0.05, 0) is 38.8 Å². The van der Waals surface area contributed by atoms with Crippen molar-refractivity contribution >= 4 is 0 Å². The lowest BCUT2D eigenvalue weighted by Gasteiger charge is -2.17. The molecule has 19 heavy (non-hydrogen) atoms. The first-order valence-corrected chi connectivity index (χ1v) is 7.23. The molecule has 0 saturated heterocycles. The molecule has 2 N–H and O–H groups in total. The lowest BCUT2D eigenvalue weighted by molar-refractivity contribution is 0.238. The average molecular weight is 265 g/mol. The maximum absolute atomic E-state index is 8.98. The van der Waals surface area contributed by atoms with Crippen molar-refractivity contribution in [2.75, 3.05) is 13.2 Å². The van der Waals surface area contributed by atoms with Gasteiger partial charge in [-0.3, -0.25) is 0 Å². The summed E-state index contributed by atoms with van der Waals surface area (Å²) >= 11 is 0. The van der Waals surface area contributed by atoms with E-state index in [1.807, 2.05) is 32.0 Å². The fourth-order valence-corrected chi connectivity index (χ4v) is 2.06. The minimum absolute atomic E-state index is 0.193. The summed E-state index contributed by atoms with van der Waals surface area (Å²) in [7, 11) is 0. The highest BCUT2D eigenvalue weighted by molar-refractivity contribution is 5.33. The van der Waals surface area contributed by atoms with Gasteiger partial charge in [0.25, 0.3) is 0 Å². The Morgan fingerprint density at radius 3 is 2.63 bits per heavy atom. The molecule has 0 aliphatic carbocycles. The minimum atomic E-state index is 0.193. The van der Waals surface area contributed by atoms with Gasteiger partial charge >= 0.3 is 0 Å². The average Bonchev–Trinajstić information content (AvgIpc) is 2.39. The van der Waals surface area contributed by atoms with Crippen LogP contribution in [0.2, 0.25) is 0 Å². The van der Waals surface area contributed by atoms with E-state index in [-0.39, 0.29) is 12.7 Å². The van der Waals surface area contributed by atoms with Gasteiger partial charge in [0.2, 0.25) is 0 Å². The maximum atomic E-state index is 8.98. The highest BCUT2D eigenvalue weighted by Crippen LogP contribution is 2.19. The van der Waals surface area contributed by atoms with Crippen molar-refractivity contribution in [2.45, 2.75) is 46.3 Å². The Balaban J connectivity index is 2.48. The number of aliphatic hydroxyl groups excluding tert-OH is 1. The lowest BCUT2D eigenvalue weighted by atomic mass is 10.0. The molecule has 1 unspecified atom stereocenters. The van der Waals surface area contributed by atoms with Crippen molar-refractivity contribution in [2.24, 2.45) is 5.92 Å². The van der Waals surface area contributed by atoms with E-state index in [9.17, 15) is 0 Å². The van der Waals surface area contributed by atoms with Crippen LogP contribution in [0.3, 0.4) is 0 Å². The van der Waals surface area contributed by atoms with Crippen LogP contribution in [-0.2, 0) is 6.54 Å².